The van der Waals surface area contributed by atoms with Crippen LogP contribution in [-0.4, -0.2) is 26.5 Å². The minimum Gasteiger partial charge on any atom is -0.398 e. The number of amides is 1. The normalized spacial score (nSPS) is 12.4. The number of nitrogens with one attached hydrogen (secondary N) is 2. The van der Waals surface area contributed by atoms with Crippen molar-refractivity contribution in [3.8, 4) is 0 Å². The molecule has 2 heterocycles. The van der Waals surface area contributed by atoms with Crippen molar-refractivity contribution in [2.24, 2.45) is 0 Å². The Morgan fingerprint density at radius 3 is 2.94 bits per heavy atom. The van der Waals surface area contributed by atoms with E-state index in [0.717, 1.165) is 4.88 Å². The molecule has 8 heteroatoms. The molecule has 90 valence electrons. The number of nitrogen functional groups attached to an aromatic ring is 1. The second-order valence-electron chi connectivity index (χ2n) is 3.59. The fourth-order valence-corrected chi connectivity index (χ4v) is 2.14. The van der Waals surface area contributed by atoms with Crippen molar-refractivity contribution in [1.29, 1.82) is 0 Å². The van der Waals surface area contributed by atoms with Crippen LogP contribution in [0.25, 0.3) is 0 Å². The largest absolute Gasteiger partial charge is 0.398 e. The van der Waals surface area contributed by atoms with E-state index in [1.165, 1.54) is 11.3 Å². The molecule has 0 saturated heterocycles. The number of anilines is 1. The van der Waals surface area contributed by atoms with E-state index in [-0.39, 0.29) is 11.9 Å². The number of H-pyrrole nitrogens is 1. The molecule has 0 aliphatic rings. The van der Waals surface area contributed by atoms with E-state index >= 15 is 0 Å². The Labute approximate surface area is 101 Å². The van der Waals surface area contributed by atoms with Crippen LogP contribution in [-0.2, 0) is 0 Å². The van der Waals surface area contributed by atoms with E-state index in [0.29, 0.717) is 16.4 Å². The molecule has 7 nitrogen and oxygen atoms in total. The van der Waals surface area contributed by atoms with Crippen LogP contribution >= 0.6 is 11.3 Å². The van der Waals surface area contributed by atoms with Crippen molar-refractivity contribution >= 4 is 22.9 Å². The molecule has 2 aromatic heterocycles. The van der Waals surface area contributed by atoms with E-state index in [1.807, 2.05) is 6.92 Å². The summed E-state index contributed by atoms with van der Waals surface area (Å²) in [4.78, 5) is 13.4. The van der Waals surface area contributed by atoms with Gasteiger partial charge in [-0.1, -0.05) is 5.21 Å². The quantitative estimate of drug-likeness (QED) is 0.742. The molecular formula is C9H12N6OS. The number of nitrogens with zero attached hydrogens (tertiary/aromatic N) is 3. The molecule has 0 aromatic carbocycles. The second kappa shape index (κ2) is 4.50. The van der Waals surface area contributed by atoms with Crippen molar-refractivity contribution in [2.75, 3.05) is 5.73 Å². The summed E-state index contributed by atoms with van der Waals surface area (Å²) in [6, 6.07) is 1.36. The first-order valence-electron chi connectivity index (χ1n) is 4.98. The number of hydrogen-bond donors (Lipinski definition) is 3. The van der Waals surface area contributed by atoms with Crippen LogP contribution in [0.15, 0.2) is 6.07 Å². The minimum absolute atomic E-state index is 0.188. The number of carbonyl (C=O) groups is 1. The van der Waals surface area contributed by atoms with Crippen LogP contribution in [0.3, 0.4) is 0 Å². The molecule has 1 unspecified atom stereocenters. The van der Waals surface area contributed by atoms with Crippen molar-refractivity contribution in [1.82, 2.24) is 25.9 Å². The number of aryl methyl sites for hydroxylation is 1. The van der Waals surface area contributed by atoms with Crippen molar-refractivity contribution < 1.29 is 4.79 Å². The molecule has 0 aliphatic heterocycles. The lowest BCUT2D eigenvalue weighted by atomic mass is 10.3. The smallest absolute Gasteiger partial charge is 0.262 e. The van der Waals surface area contributed by atoms with Gasteiger partial charge in [0.2, 0.25) is 0 Å². The number of aromatic nitrogens is 4. The third-order valence-corrected chi connectivity index (χ3v) is 3.34. The van der Waals surface area contributed by atoms with Gasteiger partial charge >= 0.3 is 0 Å². The van der Waals surface area contributed by atoms with Crippen molar-refractivity contribution in [2.45, 2.75) is 19.9 Å². The zero-order valence-electron chi connectivity index (χ0n) is 9.39. The van der Waals surface area contributed by atoms with Crippen LogP contribution in [0.4, 0.5) is 5.69 Å². The Balaban J connectivity index is 2.07. The summed E-state index contributed by atoms with van der Waals surface area (Å²) in [5, 5.41) is 16.1. The van der Waals surface area contributed by atoms with Gasteiger partial charge in [0.15, 0.2) is 5.82 Å². The summed E-state index contributed by atoms with van der Waals surface area (Å²) in [7, 11) is 0. The number of thiophene rings is 1. The molecule has 1 atom stereocenters. The standard InChI is InChI=1S/C9H12N6OS/c1-4(8-12-14-15-13-8)11-9(16)7-3-6(10)5(2)17-7/h3-4H,10H2,1-2H3,(H,11,16)(H,12,13,14,15). The van der Waals surface area contributed by atoms with Gasteiger partial charge in [-0.05, 0) is 19.9 Å². The van der Waals surface area contributed by atoms with Gasteiger partial charge in [0, 0.05) is 10.6 Å². The number of nitrogens with two attached hydrogens (primary N) is 1. The summed E-state index contributed by atoms with van der Waals surface area (Å²) in [5.41, 5.74) is 6.33. The van der Waals surface area contributed by atoms with Gasteiger partial charge < -0.3 is 11.1 Å². The topological polar surface area (TPSA) is 110 Å². The number of rotatable bonds is 3. The van der Waals surface area contributed by atoms with Gasteiger partial charge in [-0.3, -0.25) is 4.79 Å². The summed E-state index contributed by atoms with van der Waals surface area (Å²) < 4.78 is 0. The molecule has 2 aromatic rings. The molecule has 17 heavy (non-hydrogen) atoms. The number of aromatic amines is 1. The highest BCUT2D eigenvalue weighted by Crippen LogP contribution is 2.23. The summed E-state index contributed by atoms with van der Waals surface area (Å²) in [6.07, 6.45) is 0. The van der Waals surface area contributed by atoms with Gasteiger partial charge in [0.05, 0.1) is 10.9 Å². The maximum atomic E-state index is 11.9. The van der Waals surface area contributed by atoms with Gasteiger partial charge in [-0.25, -0.2) is 0 Å². The molecule has 1 amide bonds. The van der Waals surface area contributed by atoms with Crippen molar-refractivity contribution in [3.63, 3.8) is 0 Å². The average Bonchev–Trinajstić information content (AvgIpc) is 2.89. The molecule has 4 N–H and O–H groups in total. The molecule has 0 aliphatic carbocycles. The maximum Gasteiger partial charge on any atom is 0.262 e. The molecule has 0 bridgehead atoms. The van der Waals surface area contributed by atoms with E-state index in [4.69, 9.17) is 5.73 Å². The second-order valence-corrected chi connectivity index (χ2v) is 4.84. The molecule has 0 radical (unpaired) electrons. The van der Waals surface area contributed by atoms with Gasteiger partial charge in [0.1, 0.15) is 0 Å². The minimum atomic E-state index is -0.301. The van der Waals surface area contributed by atoms with Crippen LogP contribution in [0, 0.1) is 6.92 Å². The highest BCUT2D eigenvalue weighted by Gasteiger charge is 2.16. The maximum absolute atomic E-state index is 11.9. The Morgan fingerprint density at radius 1 is 1.65 bits per heavy atom. The predicted molar refractivity (Wildman–Crippen MR) is 63.5 cm³/mol. The van der Waals surface area contributed by atoms with E-state index < -0.39 is 0 Å². The monoisotopic (exact) mass is 252 g/mol. The van der Waals surface area contributed by atoms with Crippen LogP contribution in [0.2, 0.25) is 0 Å². The van der Waals surface area contributed by atoms with Crippen LogP contribution < -0.4 is 11.1 Å². The predicted octanol–water partition coefficient (Wildman–Crippen LogP) is 0.643. The van der Waals surface area contributed by atoms with E-state index in [9.17, 15) is 4.79 Å². The molecule has 0 spiro atoms. The summed E-state index contributed by atoms with van der Waals surface area (Å²) in [5.74, 6) is 0.256. The number of tetrazole rings is 1. The lowest BCUT2D eigenvalue weighted by molar-refractivity contribution is 0.0942. The van der Waals surface area contributed by atoms with Crippen LogP contribution in [0.5, 0.6) is 0 Å². The number of carbonyl (C=O) groups excluding carboxylic acids is 1. The SMILES string of the molecule is Cc1sc(C(=O)NC(C)c2nn[nH]n2)cc1N. The zero-order valence-corrected chi connectivity index (χ0v) is 10.2. The Bertz CT molecular complexity index is 500. The molecule has 2 rings (SSSR count). The summed E-state index contributed by atoms with van der Waals surface area (Å²) in [6.45, 7) is 3.66. The Hall–Kier alpha value is -1.96. The lowest BCUT2D eigenvalue weighted by Crippen LogP contribution is -2.26. The highest BCUT2D eigenvalue weighted by molar-refractivity contribution is 7.14. The van der Waals surface area contributed by atoms with Gasteiger partial charge in [0.25, 0.3) is 5.91 Å². The van der Waals surface area contributed by atoms with Crippen molar-refractivity contribution in [3.05, 3.63) is 21.6 Å². The first-order valence-corrected chi connectivity index (χ1v) is 5.79. The number of hydrogen-bond acceptors (Lipinski definition) is 6. The highest BCUT2D eigenvalue weighted by atomic mass is 32.1. The zero-order chi connectivity index (χ0) is 12.4. The fraction of sp³-hybridized carbons (Fsp3) is 0.333. The lowest BCUT2D eigenvalue weighted by Gasteiger charge is -2.08. The van der Waals surface area contributed by atoms with Gasteiger partial charge in [-0.15, -0.1) is 21.5 Å². The van der Waals surface area contributed by atoms with Gasteiger partial charge in [-0.2, -0.15) is 5.21 Å². The molecular weight excluding hydrogens is 240 g/mol. The van der Waals surface area contributed by atoms with E-state index in [2.05, 4.69) is 25.9 Å². The average molecular weight is 252 g/mol. The fourth-order valence-electron chi connectivity index (χ4n) is 1.29. The first-order chi connectivity index (χ1) is 8.08. The third kappa shape index (κ3) is 2.41. The van der Waals surface area contributed by atoms with E-state index in [1.54, 1.807) is 13.0 Å². The Kier molecular flexibility index (Phi) is 3.05. The third-order valence-electron chi connectivity index (χ3n) is 2.28. The van der Waals surface area contributed by atoms with Crippen LogP contribution in [0.1, 0.15) is 33.3 Å². The first kappa shape index (κ1) is 11.5. The molecule has 0 saturated carbocycles. The Morgan fingerprint density at radius 2 is 2.41 bits per heavy atom. The summed E-state index contributed by atoms with van der Waals surface area (Å²) >= 11 is 1.36. The molecule has 0 fully saturated rings.